The van der Waals surface area contributed by atoms with E-state index in [1.807, 2.05) is 56.0 Å². The largest absolute Gasteiger partial charge is 0.467 e. The molecule has 0 radical (unpaired) electrons. The Morgan fingerprint density at radius 1 is 1.07 bits per heavy atom. The second-order valence-electron chi connectivity index (χ2n) is 8.19. The number of esters is 1. The highest BCUT2D eigenvalue weighted by Crippen LogP contribution is 2.20. The van der Waals surface area contributed by atoms with Crippen molar-refractivity contribution in [1.82, 2.24) is 15.1 Å². The highest BCUT2D eigenvalue weighted by atomic mass is 16.6. The van der Waals surface area contributed by atoms with Crippen molar-refractivity contribution in [2.75, 3.05) is 39.8 Å². The zero-order valence-electron chi connectivity index (χ0n) is 17.6. The van der Waals surface area contributed by atoms with Crippen LogP contribution < -0.4 is 5.32 Å². The summed E-state index contributed by atoms with van der Waals surface area (Å²) >= 11 is 0. The summed E-state index contributed by atoms with van der Waals surface area (Å²) in [6.07, 6.45) is -0.351. The molecule has 8 heteroatoms. The van der Waals surface area contributed by atoms with E-state index in [9.17, 15) is 14.4 Å². The quantitative estimate of drug-likeness (QED) is 0.724. The summed E-state index contributed by atoms with van der Waals surface area (Å²) in [5, 5.41) is 2.77. The van der Waals surface area contributed by atoms with Crippen LogP contribution in [0.25, 0.3) is 0 Å². The summed E-state index contributed by atoms with van der Waals surface area (Å²) in [7, 11) is 1.31. The summed E-state index contributed by atoms with van der Waals surface area (Å²) in [6.45, 7) is 8.11. The molecule has 0 aromatic heterocycles. The lowest BCUT2D eigenvalue weighted by atomic mass is 9.86. The third-order valence-corrected chi connectivity index (χ3v) is 4.81. The van der Waals surface area contributed by atoms with Gasteiger partial charge < -0.3 is 19.7 Å². The number of nitrogens with zero attached hydrogens (tertiary/aromatic N) is 2. The van der Waals surface area contributed by atoms with Crippen molar-refractivity contribution in [2.45, 2.75) is 33.4 Å². The van der Waals surface area contributed by atoms with E-state index in [-0.39, 0.29) is 25.2 Å². The van der Waals surface area contributed by atoms with Crippen LogP contribution in [0.15, 0.2) is 30.3 Å². The Kier molecular flexibility index (Phi) is 8.01. The van der Waals surface area contributed by atoms with E-state index in [0.717, 1.165) is 5.56 Å². The van der Waals surface area contributed by atoms with Crippen LogP contribution in [0.5, 0.6) is 0 Å². The van der Waals surface area contributed by atoms with Crippen molar-refractivity contribution in [3.05, 3.63) is 35.9 Å². The monoisotopic (exact) mass is 405 g/mol. The third-order valence-electron chi connectivity index (χ3n) is 4.81. The molecule has 8 nitrogen and oxygen atoms in total. The second-order valence-corrected chi connectivity index (χ2v) is 8.19. The van der Waals surface area contributed by atoms with E-state index in [0.29, 0.717) is 26.2 Å². The van der Waals surface area contributed by atoms with Crippen LogP contribution in [0.1, 0.15) is 26.3 Å². The number of carbonyl (C=O) groups excluding carboxylic acids is 3. The molecule has 0 spiro atoms. The number of amides is 2. The molecule has 1 aromatic rings. The lowest BCUT2D eigenvalue weighted by Crippen LogP contribution is -2.55. The first-order chi connectivity index (χ1) is 13.7. The standard InChI is InChI=1S/C21H31N3O5/c1-21(2,3)18(19(26)28-4)22-17(25)14-23-10-12-24(13-11-23)20(27)29-15-16-8-6-5-7-9-16/h5-9,18H,10-15H2,1-4H3,(H,22,25)/t18-/m1/s1. The van der Waals surface area contributed by atoms with Crippen LogP contribution in [0.4, 0.5) is 4.79 Å². The molecule has 0 aliphatic carbocycles. The van der Waals surface area contributed by atoms with Crippen LogP contribution in [0, 0.1) is 5.41 Å². The highest BCUT2D eigenvalue weighted by molar-refractivity contribution is 5.86. The van der Waals surface area contributed by atoms with E-state index in [1.165, 1.54) is 7.11 Å². The zero-order valence-corrected chi connectivity index (χ0v) is 17.6. The minimum Gasteiger partial charge on any atom is -0.467 e. The minimum atomic E-state index is -0.714. The summed E-state index contributed by atoms with van der Waals surface area (Å²) in [5.41, 5.74) is 0.486. The summed E-state index contributed by atoms with van der Waals surface area (Å²) in [5.74, 6) is -0.702. The normalized spacial score (nSPS) is 16.1. The molecular formula is C21H31N3O5. The number of hydrogen-bond donors (Lipinski definition) is 1. The summed E-state index contributed by atoms with van der Waals surface area (Å²) in [6, 6.07) is 8.81. The maximum Gasteiger partial charge on any atom is 0.410 e. The van der Waals surface area contributed by atoms with Crippen molar-refractivity contribution < 1.29 is 23.9 Å². The van der Waals surface area contributed by atoms with Crippen molar-refractivity contribution >= 4 is 18.0 Å². The van der Waals surface area contributed by atoms with E-state index in [2.05, 4.69) is 5.32 Å². The van der Waals surface area contributed by atoms with Gasteiger partial charge >= 0.3 is 12.1 Å². The van der Waals surface area contributed by atoms with Gasteiger partial charge in [-0.05, 0) is 11.0 Å². The molecular weight excluding hydrogens is 374 g/mol. The predicted molar refractivity (Wildman–Crippen MR) is 108 cm³/mol. The third kappa shape index (κ3) is 7.05. The fourth-order valence-electron chi connectivity index (χ4n) is 3.06. The van der Waals surface area contributed by atoms with Gasteiger partial charge in [0.25, 0.3) is 0 Å². The van der Waals surface area contributed by atoms with Crippen molar-refractivity contribution in [3.63, 3.8) is 0 Å². The lowest BCUT2D eigenvalue weighted by molar-refractivity contribution is -0.148. The van der Waals surface area contributed by atoms with Crippen LogP contribution in [0.2, 0.25) is 0 Å². The minimum absolute atomic E-state index is 0.163. The zero-order chi connectivity index (χ0) is 21.4. The molecule has 1 heterocycles. The Balaban J connectivity index is 1.76. The van der Waals surface area contributed by atoms with Crippen LogP contribution in [-0.4, -0.2) is 73.6 Å². The van der Waals surface area contributed by atoms with Gasteiger partial charge in [-0.25, -0.2) is 9.59 Å². The number of nitrogens with one attached hydrogen (secondary N) is 1. The molecule has 0 saturated carbocycles. The van der Waals surface area contributed by atoms with Gasteiger partial charge in [-0.2, -0.15) is 0 Å². The lowest BCUT2D eigenvalue weighted by Gasteiger charge is -2.34. The van der Waals surface area contributed by atoms with Gasteiger partial charge in [0.15, 0.2) is 0 Å². The molecule has 1 aliphatic heterocycles. The maximum atomic E-state index is 12.4. The van der Waals surface area contributed by atoms with Gasteiger partial charge in [-0.1, -0.05) is 51.1 Å². The van der Waals surface area contributed by atoms with Crippen molar-refractivity contribution in [3.8, 4) is 0 Å². The molecule has 1 saturated heterocycles. The molecule has 0 bridgehead atoms. The Hall–Kier alpha value is -2.61. The van der Waals surface area contributed by atoms with Crippen LogP contribution in [0.3, 0.4) is 0 Å². The van der Waals surface area contributed by atoms with E-state index >= 15 is 0 Å². The number of rotatable bonds is 6. The molecule has 1 atom stereocenters. The smallest absolute Gasteiger partial charge is 0.410 e. The van der Waals surface area contributed by atoms with Crippen molar-refractivity contribution in [2.24, 2.45) is 5.41 Å². The first-order valence-corrected chi connectivity index (χ1v) is 9.76. The fourth-order valence-corrected chi connectivity index (χ4v) is 3.06. The Morgan fingerprint density at radius 3 is 2.24 bits per heavy atom. The van der Waals surface area contributed by atoms with Crippen LogP contribution in [-0.2, 0) is 25.7 Å². The maximum absolute atomic E-state index is 12.4. The molecule has 29 heavy (non-hydrogen) atoms. The van der Waals surface area contributed by atoms with Gasteiger partial charge in [-0.3, -0.25) is 9.69 Å². The second kappa shape index (κ2) is 10.2. The van der Waals surface area contributed by atoms with Crippen molar-refractivity contribution in [1.29, 1.82) is 0 Å². The molecule has 0 unspecified atom stereocenters. The average molecular weight is 405 g/mol. The number of ether oxygens (including phenoxy) is 2. The van der Waals surface area contributed by atoms with Gasteiger partial charge in [0.2, 0.25) is 5.91 Å². The first-order valence-electron chi connectivity index (χ1n) is 9.76. The number of piperazine rings is 1. The number of hydrogen-bond acceptors (Lipinski definition) is 6. The molecule has 1 aromatic carbocycles. The summed E-state index contributed by atoms with van der Waals surface area (Å²) in [4.78, 5) is 40.2. The first kappa shape index (κ1) is 22.7. The van der Waals surface area contributed by atoms with E-state index in [4.69, 9.17) is 9.47 Å². The molecule has 1 N–H and O–H groups in total. The topological polar surface area (TPSA) is 88.2 Å². The molecule has 160 valence electrons. The van der Waals surface area contributed by atoms with E-state index < -0.39 is 17.4 Å². The fraction of sp³-hybridized carbons (Fsp3) is 0.571. The average Bonchev–Trinajstić information content (AvgIpc) is 2.70. The van der Waals surface area contributed by atoms with Crippen LogP contribution >= 0.6 is 0 Å². The Morgan fingerprint density at radius 2 is 1.69 bits per heavy atom. The number of carbonyl (C=O) groups is 3. The molecule has 1 aliphatic rings. The highest BCUT2D eigenvalue weighted by Gasteiger charge is 2.34. The Labute approximate surface area is 172 Å². The van der Waals surface area contributed by atoms with Gasteiger partial charge in [-0.15, -0.1) is 0 Å². The number of benzene rings is 1. The SMILES string of the molecule is COC(=O)[C@@H](NC(=O)CN1CCN(C(=O)OCc2ccccc2)CC1)C(C)(C)C. The molecule has 2 amide bonds. The van der Waals surface area contributed by atoms with Gasteiger partial charge in [0, 0.05) is 26.2 Å². The molecule has 1 fully saturated rings. The molecule has 2 rings (SSSR count). The Bertz CT molecular complexity index is 694. The summed E-state index contributed by atoms with van der Waals surface area (Å²) < 4.78 is 10.2. The van der Waals surface area contributed by atoms with Gasteiger partial charge in [0.1, 0.15) is 12.6 Å². The van der Waals surface area contributed by atoms with Gasteiger partial charge in [0.05, 0.1) is 13.7 Å². The number of methoxy groups -OCH3 is 1. The predicted octanol–water partition coefficient (Wildman–Crippen LogP) is 1.64. The van der Waals surface area contributed by atoms with E-state index in [1.54, 1.807) is 4.90 Å².